The van der Waals surface area contributed by atoms with Gasteiger partial charge in [0, 0.05) is 17.5 Å². The average molecular weight is 176 g/mol. The van der Waals surface area contributed by atoms with Crippen molar-refractivity contribution in [3.63, 3.8) is 0 Å². The van der Waals surface area contributed by atoms with Crippen LogP contribution in [0.1, 0.15) is 50.8 Å². The van der Waals surface area contributed by atoms with E-state index in [0.29, 0.717) is 0 Å². The Kier molecular flexibility index (Phi) is 1.90. The van der Waals surface area contributed by atoms with E-state index in [0.717, 1.165) is 5.92 Å². The fourth-order valence-corrected chi connectivity index (χ4v) is 1.81. The molecule has 1 aromatic heterocycles. The average Bonchev–Trinajstić information content (AvgIpc) is 2.85. The number of H-pyrrole nitrogens is 1. The molecule has 1 nitrogen and oxygen atoms in total. The van der Waals surface area contributed by atoms with E-state index in [2.05, 4.69) is 37.9 Å². The van der Waals surface area contributed by atoms with Gasteiger partial charge in [-0.15, -0.1) is 0 Å². The van der Waals surface area contributed by atoms with Gasteiger partial charge >= 0.3 is 0 Å². The summed E-state index contributed by atoms with van der Waals surface area (Å²) in [4.78, 5) is 3.41. The van der Waals surface area contributed by atoms with Gasteiger partial charge in [-0.05, 0) is 24.3 Å². The number of rotatable bonds is 1. The summed E-state index contributed by atoms with van der Waals surface area (Å²) >= 11 is 0. The van der Waals surface area contributed by atoms with E-state index in [1.807, 2.05) is 6.20 Å². The zero-order chi connectivity index (χ0) is 9.47. The summed E-state index contributed by atoms with van der Waals surface area (Å²) in [6, 6.07) is 4.36. The number of hydrogen-bond donors (Lipinski definition) is 0. The zero-order valence-corrected chi connectivity index (χ0v) is 8.72. The summed E-state index contributed by atoms with van der Waals surface area (Å²) in [7, 11) is 0. The van der Waals surface area contributed by atoms with Gasteiger partial charge in [-0.3, -0.25) is 0 Å². The highest BCUT2D eigenvalue weighted by Gasteiger charge is 2.34. The third-order valence-corrected chi connectivity index (χ3v) is 2.68. The molecule has 0 radical (unpaired) electrons. The van der Waals surface area contributed by atoms with Gasteiger partial charge in [-0.2, -0.15) is 0 Å². The van der Waals surface area contributed by atoms with Gasteiger partial charge < -0.3 is 0 Å². The van der Waals surface area contributed by atoms with Crippen molar-refractivity contribution < 1.29 is 4.98 Å². The van der Waals surface area contributed by atoms with E-state index in [4.69, 9.17) is 0 Å². The SMILES string of the molecule is CC(C)(C)c1ccc[nH+]c1C1CC1. The molecule has 0 saturated heterocycles. The Balaban J connectivity index is 2.43. The number of pyridine rings is 1. The third-order valence-electron chi connectivity index (χ3n) is 2.68. The molecule has 0 aromatic carbocycles. The normalized spacial score (nSPS) is 17.5. The van der Waals surface area contributed by atoms with Crippen LogP contribution in [0.3, 0.4) is 0 Å². The van der Waals surface area contributed by atoms with Crippen LogP contribution in [0.15, 0.2) is 18.3 Å². The minimum atomic E-state index is 0.273. The number of aromatic nitrogens is 1. The Morgan fingerprint density at radius 1 is 1.31 bits per heavy atom. The first kappa shape index (κ1) is 8.74. The molecule has 2 rings (SSSR count). The lowest BCUT2D eigenvalue weighted by Gasteiger charge is -2.18. The smallest absolute Gasteiger partial charge is 0.186 e. The van der Waals surface area contributed by atoms with Crippen LogP contribution in [0.4, 0.5) is 0 Å². The predicted molar refractivity (Wildman–Crippen MR) is 53.7 cm³/mol. The Hall–Kier alpha value is -0.850. The molecule has 0 aliphatic heterocycles. The molecule has 1 aliphatic rings. The maximum absolute atomic E-state index is 3.41. The predicted octanol–water partition coefficient (Wildman–Crippen LogP) is 2.68. The summed E-state index contributed by atoms with van der Waals surface area (Å²) in [6.07, 6.45) is 4.77. The van der Waals surface area contributed by atoms with E-state index in [9.17, 15) is 0 Å². The first-order valence-corrected chi connectivity index (χ1v) is 5.10. The first-order chi connectivity index (χ1) is 6.09. The van der Waals surface area contributed by atoms with Crippen molar-refractivity contribution in [2.24, 2.45) is 0 Å². The van der Waals surface area contributed by atoms with Gasteiger partial charge in [0.2, 0.25) is 0 Å². The van der Waals surface area contributed by atoms with Crippen LogP contribution < -0.4 is 4.98 Å². The Bertz CT molecular complexity index is 305. The number of aromatic amines is 1. The monoisotopic (exact) mass is 176 g/mol. The minimum Gasteiger partial charge on any atom is -0.215 e. The molecule has 0 spiro atoms. The first-order valence-electron chi connectivity index (χ1n) is 5.10. The molecule has 1 heteroatoms. The van der Waals surface area contributed by atoms with Crippen molar-refractivity contribution in [3.8, 4) is 0 Å². The Morgan fingerprint density at radius 2 is 2.00 bits per heavy atom. The second-order valence-corrected chi connectivity index (χ2v) is 5.02. The van der Waals surface area contributed by atoms with Gasteiger partial charge in [0.25, 0.3) is 0 Å². The molecule has 1 aromatic rings. The molecular formula is C12H18N+. The zero-order valence-electron chi connectivity index (χ0n) is 8.72. The van der Waals surface area contributed by atoms with Crippen LogP contribution in [0.2, 0.25) is 0 Å². The Morgan fingerprint density at radius 3 is 2.54 bits per heavy atom. The van der Waals surface area contributed by atoms with E-state index in [1.54, 1.807) is 0 Å². The van der Waals surface area contributed by atoms with Crippen LogP contribution in [-0.2, 0) is 5.41 Å². The van der Waals surface area contributed by atoms with Crippen molar-refractivity contribution in [1.29, 1.82) is 0 Å². The van der Waals surface area contributed by atoms with Gasteiger partial charge in [-0.1, -0.05) is 20.8 Å². The van der Waals surface area contributed by atoms with Crippen LogP contribution in [0, 0.1) is 0 Å². The second kappa shape index (κ2) is 2.83. The molecule has 0 amide bonds. The topological polar surface area (TPSA) is 14.1 Å². The van der Waals surface area contributed by atoms with E-state index in [-0.39, 0.29) is 5.41 Å². The second-order valence-electron chi connectivity index (χ2n) is 5.02. The molecule has 1 saturated carbocycles. The van der Waals surface area contributed by atoms with Crippen molar-refractivity contribution in [3.05, 3.63) is 29.6 Å². The van der Waals surface area contributed by atoms with Gasteiger partial charge in [-0.25, -0.2) is 4.98 Å². The molecular weight excluding hydrogens is 158 g/mol. The lowest BCUT2D eigenvalue weighted by molar-refractivity contribution is -0.391. The summed E-state index contributed by atoms with van der Waals surface area (Å²) in [6.45, 7) is 6.84. The van der Waals surface area contributed by atoms with E-state index in [1.165, 1.54) is 24.1 Å². The fraction of sp³-hybridized carbons (Fsp3) is 0.583. The Labute approximate surface area is 80.2 Å². The number of hydrogen-bond acceptors (Lipinski definition) is 0. The van der Waals surface area contributed by atoms with Crippen LogP contribution in [0.5, 0.6) is 0 Å². The molecule has 0 unspecified atom stereocenters. The van der Waals surface area contributed by atoms with Crippen LogP contribution in [-0.4, -0.2) is 0 Å². The molecule has 1 aliphatic carbocycles. The molecule has 1 fully saturated rings. The van der Waals surface area contributed by atoms with Crippen molar-refractivity contribution in [1.82, 2.24) is 0 Å². The highest BCUT2D eigenvalue weighted by Crippen LogP contribution is 2.41. The molecule has 13 heavy (non-hydrogen) atoms. The van der Waals surface area contributed by atoms with Crippen LogP contribution >= 0.6 is 0 Å². The van der Waals surface area contributed by atoms with Crippen molar-refractivity contribution >= 4 is 0 Å². The van der Waals surface area contributed by atoms with Gasteiger partial charge in [0.05, 0.1) is 0 Å². The largest absolute Gasteiger partial charge is 0.215 e. The highest BCUT2D eigenvalue weighted by atomic mass is 14.7. The van der Waals surface area contributed by atoms with E-state index < -0.39 is 0 Å². The summed E-state index contributed by atoms with van der Waals surface area (Å²) in [5.41, 5.74) is 3.22. The lowest BCUT2D eigenvalue weighted by Crippen LogP contribution is -2.21. The summed E-state index contributed by atoms with van der Waals surface area (Å²) in [5, 5.41) is 0. The highest BCUT2D eigenvalue weighted by molar-refractivity contribution is 5.28. The molecule has 1 N–H and O–H groups in total. The van der Waals surface area contributed by atoms with E-state index >= 15 is 0 Å². The summed E-state index contributed by atoms with van der Waals surface area (Å²) in [5.74, 6) is 0.815. The molecule has 0 atom stereocenters. The molecule has 70 valence electrons. The summed E-state index contributed by atoms with van der Waals surface area (Å²) < 4.78 is 0. The third kappa shape index (κ3) is 1.74. The fourth-order valence-electron chi connectivity index (χ4n) is 1.81. The van der Waals surface area contributed by atoms with Crippen LogP contribution in [0.25, 0.3) is 0 Å². The maximum Gasteiger partial charge on any atom is 0.186 e. The van der Waals surface area contributed by atoms with Gasteiger partial charge in [0.15, 0.2) is 11.9 Å². The standard InChI is InChI=1S/C12H17N/c1-12(2,3)10-5-4-8-13-11(10)9-6-7-9/h4-5,8-9H,6-7H2,1-3H3/p+1. The van der Waals surface area contributed by atoms with Crippen molar-refractivity contribution in [2.45, 2.75) is 44.9 Å². The maximum atomic E-state index is 3.41. The lowest BCUT2D eigenvalue weighted by atomic mass is 9.85. The van der Waals surface area contributed by atoms with Gasteiger partial charge in [0.1, 0.15) is 0 Å². The molecule has 0 bridgehead atoms. The van der Waals surface area contributed by atoms with Crippen molar-refractivity contribution in [2.75, 3.05) is 0 Å². The molecule has 1 heterocycles. The number of nitrogens with one attached hydrogen (secondary N) is 1. The minimum absolute atomic E-state index is 0.273. The quantitative estimate of drug-likeness (QED) is 0.624.